The summed E-state index contributed by atoms with van der Waals surface area (Å²) in [6.07, 6.45) is 3.36. The first-order valence-electron chi connectivity index (χ1n) is 6.46. The smallest absolute Gasteiger partial charge is 0.122 e. The van der Waals surface area contributed by atoms with Gasteiger partial charge in [0.1, 0.15) is 12.4 Å². The Balaban J connectivity index is 0.00000162. The number of rotatable bonds is 0. The Labute approximate surface area is 115 Å². The van der Waals surface area contributed by atoms with Gasteiger partial charge < -0.3 is 14.8 Å². The summed E-state index contributed by atoms with van der Waals surface area (Å²) in [6, 6.07) is 8.33. The zero-order valence-corrected chi connectivity index (χ0v) is 11.5. The van der Waals surface area contributed by atoms with Crippen molar-refractivity contribution in [3.63, 3.8) is 0 Å². The molecule has 0 bridgehead atoms. The second kappa shape index (κ2) is 9.20. The number of para-hydroxylation sites is 1. The maximum atomic E-state index is 5.80. The van der Waals surface area contributed by atoms with E-state index in [4.69, 9.17) is 9.47 Å². The highest BCUT2D eigenvalue weighted by molar-refractivity contribution is 5.85. The van der Waals surface area contributed by atoms with Crippen LogP contribution in [0.2, 0.25) is 0 Å². The van der Waals surface area contributed by atoms with Crippen molar-refractivity contribution in [1.29, 1.82) is 0 Å². The van der Waals surface area contributed by atoms with Crippen LogP contribution in [0.25, 0.3) is 0 Å². The quantitative estimate of drug-likeness (QED) is 0.786. The van der Waals surface area contributed by atoms with Crippen LogP contribution in [0.15, 0.2) is 24.3 Å². The number of fused-ring (bicyclic) bond motifs is 1. The van der Waals surface area contributed by atoms with E-state index in [2.05, 4.69) is 23.5 Å². The summed E-state index contributed by atoms with van der Waals surface area (Å²) in [4.78, 5) is 0. The largest absolute Gasteiger partial charge is 0.492 e. The number of ether oxygens (including phenoxy) is 2. The van der Waals surface area contributed by atoms with Gasteiger partial charge in [0.05, 0.1) is 6.61 Å². The molecule has 0 fully saturated rings. The van der Waals surface area contributed by atoms with Crippen LogP contribution in [-0.4, -0.2) is 32.9 Å². The molecule has 2 rings (SSSR count). The van der Waals surface area contributed by atoms with E-state index in [-0.39, 0.29) is 12.4 Å². The SMILES string of the molecule is Cl.c1ccc2c(c1)CCCCOCCNCCO2. The van der Waals surface area contributed by atoms with Gasteiger partial charge in [-0.05, 0) is 30.9 Å². The predicted octanol–water partition coefficient (Wildman–Crippen LogP) is 2.43. The van der Waals surface area contributed by atoms with Crippen LogP contribution in [0, 0.1) is 0 Å². The summed E-state index contributed by atoms with van der Waals surface area (Å²) >= 11 is 0. The van der Waals surface area contributed by atoms with Crippen LogP contribution in [-0.2, 0) is 11.2 Å². The molecule has 18 heavy (non-hydrogen) atoms. The highest BCUT2D eigenvalue weighted by Crippen LogP contribution is 2.20. The molecule has 0 unspecified atom stereocenters. The van der Waals surface area contributed by atoms with E-state index >= 15 is 0 Å². The van der Waals surface area contributed by atoms with Crippen LogP contribution < -0.4 is 10.1 Å². The van der Waals surface area contributed by atoms with Crippen LogP contribution >= 0.6 is 12.4 Å². The lowest BCUT2D eigenvalue weighted by Gasteiger charge is -2.11. The van der Waals surface area contributed by atoms with E-state index in [0.29, 0.717) is 0 Å². The highest BCUT2D eigenvalue weighted by Gasteiger charge is 2.03. The van der Waals surface area contributed by atoms with Crippen molar-refractivity contribution in [3.05, 3.63) is 29.8 Å². The summed E-state index contributed by atoms with van der Waals surface area (Å²) in [5.74, 6) is 1.04. The molecule has 1 heterocycles. The van der Waals surface area contributed by atoms with E-state index in [9.17, 15) is 0 Å². The minimum Gasteiger partial charge on any atom is -0.492 e. The number of hydrogen-bond acceptors (Lipinski definition) is 3. The number of aryl methyl sites for hydroxylation is 1. The van der Waals surface area contributed by atoms with Crippen molar-refractivity contribution >= 4 is 12.4 Å². The molecule has 1 aliphatic rings. The van der Waals surface area contributed by atoms with E-state index in [1.165, 1.54) is 5.56 Å². The summed E-state index contributed by atoms with van der Waals surface area (Å²) < 4.78 is 11.3. The summed E-state index contributed by atoms with van der Waals surface area (Å²) in [6.45, 7) is 4.16. The third-order valence-corrected chi connectivity index (χ3v) is 2.92. The van der Waals surface area contributed by atoms with Gasteiger partial charge in [0.25, 0.3) is 0 Å². The number of benzene rings is 1. The summed E-state index contributed by atoms with van der Waals surface area (Å²) in [5.41, 5.74) is 1.31. The van der Waals surface area contributed by atoms with Gasteiger partial charge in [0, 0.05) is 19.7 Å². The average Bonchev–Trinajstić information content (AvgIpc) is 2.38. The molecule has 1 aliphatic heterocycles. The Kier molecular flexibility index (Phi) is 7.81. The Hall–Kier alpha value is -0.770. The molecule has 0 aromatic heterocycles. The topological polar surface area (TPSA) is 30.5 Å². The van der Waals surface area contributed by atoms with E-state index in [0.717, 1.165) is 57.9 Å². The first-order chi connectivity index (χ1) is 8.47. The molecule has 0 saturated carbocycles. The van der Waals surface area contributed by atoms with Gasteiger partial charge in [-0.3, -0.25) is 0 Å². The van der Waals surface area contributed by atoms with Crippen LogP contribution in [0.4, 0.5) is 0 Å². The monoisotopic (exact) mass is 271 g/mol. The molecule has 0 aliphatic carbocycles. The van der Waals surface area contributed by atoms with Crippen molar-refractivity contribution < 1.29 is 9.47 Å². The van der Waals surface area contributed by atoms with Gasteiger partial charge in [-0.25, -0.2) is 0 Å². The molecule has 0 spiro atoms. The van der Waals surface area contributed by atoms with Crippen LogP contribution in [0.5, 0.6) is 5.75 Å². The van der Waals surface area contributed by atoms with Crippen molar-refractivity contribution in [1.82, 2.24) is 5.32 Å². The number of hydrogen-bond donors (Lipinski definition) is 1. The van der Waals surface area contributed by atoms with Gasteiger partial charge >= 0.3 is 0 Å². The first kappa shape index (κ1) is 15.3. The normalized spacial score (nSPS) is 18.0. The molecule has 0 saturated heterocycles. The second-order valence-electron chi connectivity index (χ2n) is 4.28. The molecule has 1 N–H and O–H groups in total. The third-order valence-electron chi connectivity index (χ3n) is 2.92. The standard InChI is InChI=1S/C14H21NO2.ClH/c1-2-7-14-13(5-1)6-3-4-10-16-11-8-15-9-12-17-14;/h1-2,5,7,15H,3-4,6,8-12H2;1H. The molecule has 0 atom stereocenters. The van der Waals surface area contributed by atoms with Gasteiger partial charge in [0.15, 0.2) is 0 Å². The molecule has 0 amide bonds. The summed E-state index contributed by atoms with van der Waals surface area (Å²) in [7, 11) is 0. The molecule has 0 radical (unpaired) electrons. The molecule has 1 aromatic rings. The fourth-order valence-electron chi connectivity index (χ4n) is 1.98. The maximum Gasteiger partial charge on any atom is 0.122 e. The predicted molar refractivity (Wildman–Crippen MR) is 75.8 cm³/mol. The zero-order chi connectivity index (χ0) is 11.8. The van der Waals surface area contributed by atoms with Gasteiger partial charge in [0.2, 0.25) is 0 Å². The summed E-state index contributed by atoms with van der Waals surface area (Å²) in [5, 5.41) is 3.30. The molecule has 3 nitrogen and oxygen atoms in total. The second-order valence-corrected chi connectivity index (χ2v) is 4.28. The van der Waals surface area contributed by atoms with Crippen molar-refractivity contribution in [3.8, 4) is 5.75 Å². The molecule has 4 heteroatoms. The zero-order valence-electron chi connectivity index (χ0n) is 10.7. The van der Waals surface area contributed by atoms with Gasteiger partial charge in [-0.2, -0.15) is 0 Å². The lowest BCUT2D eigenvalue weighted by atomic mass is 10.1. The third kappa shape index (κ3) is 5.25. The Morgan fingerprint density at radius 1 is 0.944 bits per heavy atom. The Bertz CT molecular complexity index is 302. The Morgan fingerprint density at radius 3 is 2.72 bits per heavy atom. The highest BCUT2D eigenvalue weighted by atomic mass is 35.5. The lowest BCUT2D eigenvalue weighted by molar-refractivity contribution is 0.132. The fraction of sp³-hybridized carbons (Fsp3) is 0.571. The van der Waals surface area contributed by atoms with E-state index in [1.807, 2.05) is 6.07 Å². The minimum atomic E-state index is 0. The number of halogens is 1. The van der Waals surface area contributed by atoms with Gasteiger partial charge in [-0.1, -0.05) is 18.2 Å². The first-order valence-corrected chi connectivity index (χ1v) is 6.46. The van der Waals surface area contributed by atoms with Crippen LogP contribution in [0.3, 0.4) is 0 Å². The minimum absolute atomic E-state index is 0. The molecule has 1 aromatic carbocycles. The Morgan fingerprint density at radius 2 is 1.78 bits per heavy atom. The van der Waals surface area contributed by atoms with Crippen molar-refractivity contribution in [2.45, 2.75) is 19.3 Å². The van der Waals surface area contributed by atoms with Crippen molar-refractivity contribution in [2.75, 3.05) is 32.9 Å². The fourth-order valence-corrected chi connectivity index (χ4v) is 1.98. The molecular weight excluding hydrogens is 250 g/mol. The molecular formula is C14H22ClNO2. The van der Waals surface area contributed by atoms with E-state index in [1.54, 1.807) is 0 Å². The van der Waals surface area contributed by atoms with Crippen LogP contribution in [0.1, 0.15) is 18.4 Å². The molecule has 102 valence electrons. The number of nitrogens with one attached hydrogen (secondary N) is 1. The maximum absolute atomic E-state index is 5.80. The van der Waals surface area contributed by atoms with Gasteiger partial charge in [-0.15, -0.1) is 12.4 Å². The average molecular weight is 272 g/mol. The lowest BCUT2D eigenvalue weighted by Crippen LogP contribution is -2.25. The van der Waals surface area contributed by atoms with E-state index < -0.39 is 0 Å². The van der Waals surface area contributed by atoms with Crippen molar-refractivity contribution in [2.24, 2.45) is 0 Å².